The van der Waals surface area contributed by atoms with E-state index in [0.29, 0.717) is 6.61 Å². The number of aliphatic carboxylic acids is 1. The molecule has 0 rings (SSSR count). The number of hydrogen-bond donors (Lipinski definition) is 2. The second-order valence-corrected chi connectivity index (χ2v) is 4.16. The van der Waals surface area contributed by atoms with Crippen LogP contribution in [0.2, 0.25) is 0 Å². The Kier molecular flexibility index (Phi) is 4.36. The van der Waals surface area contributed by atoms with E-state index in [1.807, 2.05) is 13.8 Å². The first-order chi connectivity index (χ1) is 5.77. The number of carboxylic acids is 1. The molecule has 0 aliphatic carbocycles. The van der Waals surface area contributed by atoms with Gasteiger partial charge in [-0.25, -0.2) is 0 Å². The fourth-order valence-electron chi connectivity index (χ4n) is 0.805. The third-order valence-corrected chi connectivity index (χ3v) is 1.90. The molecule has 0 amide bonds. The number of carbonyl (C=O) groups is 1. The lowest BCUT2D eigenvalue weighted by atomic mass is 9.86. The molecule has 0 fully saturated rings. The molecule has 0 bridgehead atoms. The third-order valence-electron chi connectivity index (χ3n) is 1.90. The van der Waals surface area contributed by atoms with Gasteiger partial charge >= 0.3 is 5.97 Å². The summed E-state index contributed by atoms with van der Waals surface area (Å²) in [4.78, 5) is 10.6. The van der Waals surface area contributed by atoms with Crippen molar-refractivity contribution in [1.29, 1.82) is 0 Å². The summed E-state index contributed by atoms with van der Waals surface area (Å²) in [7, 11) is 0. The SMILES string of the molecule is CC(C)OCC(C)(C)C(N)C(=O)O. The maximum absolute atomic E-state index is 10.6. The number of hydrogen-bond acceptors (Lipinski definition) is 3. The van der Waals surface area contributed by atoms with Gasteiger partial charge in [0.05, 0.1) is 12.7 Å². The highest BCUT2D eigenvalue weighted by Crippen LogP contribution is 2.20. The number of carboxylic acid groups (broad SMARTS) is 1. The lowest BCUT2D eigenvalue weighted by Gasteiger charge is -2.29. The molecule has 0 aromatic carbocycles. The Morgan fingerprint density at radius 2 is 2.00 bits per heavy atom. The standard InChI is InChI=1S/C9H19NO3/c1-6(2)13-5-9(3,4)7(10)8(11)12/h6-7H,5,10H2,1-4H3,(H,11,12). The van der Waals surface area contributed by atoms with Crippen LogP contribution in [0, 0.1) is 5.41 Å². The van der Waals surface area contributed by atoms with Crippen molar-refractivity contribution >= 4 is 5.97 Å². The summed E-state index contributed by atoms with van der Waals surface area (Å²) < 4.78 is 5.33. The highest BCUT2D eigenvalue weighted by molar-refractivity contribution is 5.74. The number of ether oxygens (including phenoxy) is 1. The zero-order valence-electron chi connectivity index (χ0n) is 8.70. The van der Waals surface area contributed by atoms with E-state index >= 15 is 0 Å². The van der Waals surface area contributed by atoms with Crippen LogP contribution in [0.3, 0.4) is 0 Å². The lowest BCUT2D eigenvalue weighted by molar-refractivity contribution is -0.143. The summed E-state index contributed by atoms with van der Waals surface area (Å²) in [6.45, 7) is 7.74. The molecule has 0 spiro atoms. The topological polar surface area (TPSA) is 72.5 Å². The first-order valence-electron chi connectivity index (χ1n) is 4.37. The van der Waals surface area contributed by atoms with Crippen molar-refractivity contribution in [3.05, 3.63) is 0 Å². The molecule has 1 atom stereocenters. The van der Waals surface area contributed by atoms with Gasteiger partial charge in [0.1, 0.15) is 6.04 Å². The average Bonchev–Trinajstić information content (AvgIpc) is 1.99. The predicted octanol–water partition coefficient (Wildman–Crippen LogP) is 0.849. The van der Waals surface area contributed by atoms with Crippen molar-refractivity contribution in [2.45, 2.75) is 39.8 Å². The fraction of sp³-hybridized carbons (Fsp3) is 0.889. The quantitative estimate of drug-likeness (QED) is 0.672. The molecule has 0 aromatic heterocycles. The second kappa shape index (κ2) is 4.58. The van der Waals surface area contributed by atoms with Crippen LogP contribution in [0.1, 0.15) is 27.7 Å². The van der Waals surface area contributed by atoms with Gasteiger partial charge < -0.3 is 15.6 Å². The van der Waals surface area contributed by atoms with Crippen molar-refractivity contribution in [2.75, 3.05) is 6.61 Å². The van der Waals surface area contributed by atoms with Crippen LogP contribution in [-0.4, -0.2) is 29.8 Å². The van der Waals surface area contributed by atoms with Gasteiger partial charge in [0.25, 0.3) is 0 Å². The molecular formula is C9H19NO3. The van der Waals surface area contributed by atoms with Crippen molar-refractivity contribution in [1.82, 2.24) is 0 Å². The summed E-state index contributed by atoms with van der Waals surface area (Å²) >= 11 is 0. The Labute approximate surface area is 79.1 Å². The first-order valence-corrected chi connectivity index (χ1v) is 4.37. The summed E-state index contributed by atoms with van der Waals surface area (Å²) in [6.07, 6.45) is 0.0975. The minimum Gasteiger partial charge on any atom is -0.480 e. The van der Waals surface area contributed by atoms with E-state index in [2.05, 4.69) is 0 Å². The van der Waals surface area contributed by atoms with Crippen LogP contribution in [0.15, 0.2) is 0 Å². The zero-order valence-corrected chi connectivity index (χ0v) is 8.70. The molecule has 4 nitrogen and oxygen atoms in total. The normalized spacial score (nSPS) is 14.6. The minimum atomic E-state index is -0.989. The Balaban J connectivity index is 4.13. The van der Waals surface area contributed by atoms with E-state index in [1.165, 1.54) is 0 Å². The van der Waals surface area contributed by atoms with E-state index < -0.39 is 17.4 Å². The van der Waals surface area contributed by atoms with E-state index in [1.54, 1.807) is 13.8 Å². The molecule has 0 aliphatic rings. The Morgan fingerprint density at radius 1 is 1.54 bits per heavy atom. The molecule has 3 N–H and O–H groups in total. The molecular weight excluding hydrogens is 170 g/mol. The Hall–Kier alpha value is -0.610. The largest absolute Gasteiger partial charge is 0.480 e. The molecule has 4 heteroatoms. The maximum atomic E-state index is 10.6. The Bertz CT molecular complexity index is 178. The van der Waals surface area contributed by atoms with Crippen molar-refractivity contribution in [3.8, 4) is 0 Å². The summed E-state index contributed by atoms with van der Waals surface area (Å²) in [5.41, 5.74) is 4.97. The molecule has 78 valence electrons. The van der Waals surface area contributed by atoms with Gasteiger partial charge in [-0.3, -0.25) is 4.79 Å². The van der Waals surface area contributed by atoms with Crippen LogP contribution >= 0.6 is 0 Å². The highest BCUT2D eigenvalue weighted by Gasteiger charge is 2.32. The maximum Gasteiger partial charge on any atom is 0.321 e. The van der Waals surface area contributed by atoms with Crippen LogP contribution in [0.25, 0.3) is 0 Å². The summed E-state index contributed by atoms with van der Waals surface area (Å²) in [6, 6.07) is -0.883. The molecule has 13 heavy (non-hydrogen) atoms. The average molecular weight is 189 g/mol. The van der Waals surface area contributed by atoms with Crippen LogP contribution < -0.4 is 5.73 Å². The van der Waals surface area contributed by atoms with Crippen molar-refractivity contribution in [2.24, 2.45) is 11.1 Å². The molecule has 0 heterocycles. The highest BCUT2D eigenvalue weighted by atomic mass is 16.5. The monoisotopic (exact) mass is 189 g/mol. The molecule has 0 radical (unpaired) electrons. The first kappa shape index (κ1) is 12.4. The van der Waals surface area contributed by atoms with Gasteiger partial charge in [0.15, 0.2) is 0 Å². The molecule has 1 unspecified atom stereocenters. The molecule has 0 saturated heterocycles. The van der Waals surface area contributed by atoms with Gasteiger partial charge in [-0.05, 0) is 13.8 Å². The van der Waals surface area contributed by atoms with Crippen LogP contribution in [-0.2, 0) is 9.53 Å². The molecule has 0 aromatic rings. The van der Waals surface area contributed by atoms with Crippen molar-refractivity contribution < 1.29 is 14.6 Å². The van der Waals surface area contributed by atoms with E-state index in [9.17, 15) is 4.79 Å². The van der Waals surface area contributed by atoms with E-state index in [-0.39, 0.29) is 6.10 Å². The minimum absolute atomic E-state index is 0.0975. The third kappa shape index (κ3) is 4.24. The number of rotatable bonds is 5. The summed E-state index contributed by atoms with van der Waals surface area (Å²) in [5, 5.41) is 8.70. The predicted molar refractivity (Wildman–Crippen MR) is 50.5 cm³/mol. The van der Waals surface area contributed by atoms with Gasteiger partial charge in [-0.2, -0.15) is 0 Å². The summed E-state index contributed by atoms with van der Waals surface area (Å²) in [5.74, 6) is -0.989. The number of nitrogens with two attached hydrogens (primary N) is 1. The van der Waals surface area contributed by atoms with E-state index in [4.69, 9.17) is 15.6 Å². The van der Waals surface area contributed by atoms with Gasteiger partial charge in [-0.1, -0.05) is 13.8 Å². The lowest BCUT2D eigenvalue weighted by Crippen LogP contribution is -2.46. The zero-order chi connectivity index (χ0) is 10.6. The smallest absolute Gasteiger partial charge is 0.321 e. The van der Waals surface area contributed by atoms with Crippen LogP contribution in [0.5, 0.6) is 0 Å². The fourth-order valence-corrected chi connectivity index (χ4v) is 0.805. The van der Waals surface area contributed by atoms with Crippen molar-refractivity contribution in [3.63, 3.8) is 0 Å². The second-order valence-electron chi connectivity index (χ2n) is 4.16. The van der Waals surface area contributed by atoms with E-state index in [0.717, 1.165) is 0 Å². The molecule has 0 aliphatic heterocycles. The molecule has 0 saturated carbocycles. The van der Waals surface area contributed by atoms with Gasteiger partial charge in [0.2, 0.25) is 0 Å². The van der Waals surface area contributed by atoms with Gasteiger partial charge in [-0.15, -0.1) is 0 Å². The Morgan fingerprint density at radius 3 is 2.31 bits per heavy atom. The van der Waals surface area contributed by atoms with Gasteiger partial charge in [0, 0.05) is 5.41 Å². The van der Waals surface area contributed by atoms with Crippen LogP contribution in [0.4, 0.5) is 0 Å².